The van der Waals surface area contributed by atoms with Gasteiger partial charge in [0, 0.05) is 24.7 Å². The van der Waals surface area contributed by atoms with Crippen LogP contribution in [0.2, 0.25) is 0 Å². The molecule has 1 fully saturated rings. The van der Waals surface area contributed by atoms with Gasteiger partial charge in [0.05, 0.1) is 19.2 Å². The summed E-state index contributed by atoms with van der Waals surface area (Å²) >= 11 is 0. The molecule has 1 heterocycles. The standard InChI is InChI=1S/C12H12N2O2/c1-16-12-6-10(3-2-9(12)7-13)14-5-4-11(15)8-14/h2-3,6H,4-5,8H2,1H3. The molecule has 0 unspecified atom stereocenters. The number of carbonyl (C=O) groups is 1. The van der Waals surface area contributed by atoms with Crippen LogP contribution in [-0.2, 0) is 4.79 Å². The first kappa shape index (κ1) is 10.5. The Kier molecular flexibility index (Phi) is 2.78. The molecule has 82 valence electrons. The van der Waals surface area contributed by atoms with Crippen LogP contribution in [-0.4, -0.2) is 26.0 Å². The van der Waals surface area contributed by atoms with E-state index in [1.807, 2.05) is 11.0 Å². The van der Waals surface area contributed by atoms with E-state index in [0.29, 0.717) is 24.3 Å². The van der Waals surface area contributed by atoms with E-state index in [1.165, 1.54) is 7.11 Å². The molecule has 0 aliphatic carbocycles. The normalized spacial score (nSPS) is 15.0. The molecule has 4 heteroatoms. The molecule has 1 aromatic rings. The fraction of sp³-hybridized carbons (Fsp3) is 0.333. The molecule has 1 saturated heterocycles. The average Bonchev–Trinajstić information content (AvgIpc) is 2.75. The Morgan fingerprint density at radius 2 is 2.31 bits per heavy atom. The minimum atomic E-state index is 0.253. The molecule has 0 saturated carbocycles. The Morgan fingerprint density at radius 3 is 2.88 bits per heavy atom. The minimum Gasteiger partial charge on any atom is -0.495 e. The Labute approximate surface area is 94.0 Å². The first-order chi connectivity index (χ1) is 7.74. The number of methoxy groups -OCH3 is 1. The molecule has 1 aliphatic heterocycles. The SMILES string of the molecule is COc1cc(N2CCC(=O)C2)ccc1C#N. The van der Waals surface area contributed by atoms with Gasteiger partial charge in [-0.3, -0.25) is 4.79 Å². The number of ketones is 1. The van der Waals surface area contributed by atoms with Crippen LogP contribution in [0, 0.1) is 11.3 Å². The van der Waals surface area contributed by atoms with Crippen molar-refractivity contribution in [2.45, 2.75) is 6.42 Å². The van der Waals surface area contributed by atoms with Crippen molar-refractivity contribution in [2.75, 3.05) is 25.1 Å². The molecule has 4 nitrogen and oxygen atoms in total. The molecular formula is C12H12N2O2. The summed E-state index contributed by atoms with van der Waals surface area (Å²) in [5.41, 5.74) is 1.44. The second-order valence-corrected chi connectivity index (χ2v) is 3.71. The third-order valence-corrected chi connectivity index (χ3v) is 2.70. The van der Waals surface area contributed by atoms with Gasteiger partial charge in [0.15, 0.2) is 5.78 Å². The third-order valence-electron chi connectivity index (χ3n) is 2.70. The minimum absolute atomic E-state index is 0.253. The highest BCUT2D eigenvalue weighted by Gasteiger charge is 2.20. The number of carbonyl (C=O) groups excluding carboxylic acids is 1. The van der Waals surface area contributed by atoms with Gasteiger partial charge in [-0.15, -0.1) is 0 Å². The van der Waals surface area contributed by atoms with Crippen LogP contribution >= 0.6 is 0 Å². The van der Waals surface area contributed by atoms with Crippen LogP contribution in [0.15, 0.2) is 18.2 Å². The summed E-state index contributed by atoms with van der Waals surface area (Å²) in [4.78, 5) is 13.2. The Morgan fingerprint density at radius 1 is 1.50 bits per heavy atom. The van der Waals surface area contributed by atoms with Crippen molar-refractivity contribution >= 4 is 11.5 Å². The molecule has 0 radical (unpaired) electrons. The third kappa shape index (κ3) is 1.84. The zero-order valence-electron chi connectivity index (χ0n) is 9.06. The number of hydrogen-bond acceptors (Lipinski definition) is 4. The zero-order chi connectivity index (χ0) is 11.5. The van der Waals surface area contributed by atoms with Crippen LogP contribution in [0.5, 0.6) is 5.75 Å². The predicted octanol–water partition coefficient (Wildman–Crippen LogP) is 1.35. The molecule has 0 N–H and O–H groups in total. The van der Waals surface area contributed by atoms with E-state index in [4.69, 9.17) is 10.00 Å². The molecule has 0 amide bonds. The predicted molar refractivity (Wildman–Crippen MR) is 59.5 cm³/mol. The van der Waals surface area contributed by atoms with Gasteiger partial charge in [-0.1, -0.05) is 0 Å². The summed E-state index contributed by atoms with van der Waals surface area (Å²) in [6.45, 7) is 1.20. The average molecular weight is 216 g/mol. The van der Waals surface area contributed by atoms with Gasteiger partial charge in [0.25, 0.3) is 0 Å². The summed E-state index contributed by atoms with van der Waals surface area (Å²) in [7, 11) is 1.54. The zero-order valence-corrected chi connectivity index (χ0v) is 9.06. The molecule has 0 bridgehead atoms. The van der Waals surface area contributed by atoms with E-state index in [2.05, 4.69) is 6.07 Å². The summed E-state index contributed by atoms with van der Waals surface area (Å²) in [5, 5.41) is 8.85. The fourth-order valence-electron chi connectivity index (χ4n) is 1.82. The van der Waals surface area contributed by atoms with Gasteiger partial charge >= 0.3 is 0 Å². The van der Waals surface area contributed by atoms with Gasteiger partial charge in [-0.05, 0) is 12.1 Å². The lowest BCUT2D eigenvalue weighted by atomic mass is 10.2. The van der Waals surface area contributed by atoms with E-state index >= 15 is 0 Å². The maximum absolute atomic E-state index is 11.2. The highest BCUT2D eigenvalue weighted by Crippen LogP contribution is 2.26. The van der Waals surface area contributed by atoms with E-state index in [-0.39, 0.29) is 5.78 Å². The number of anilines is 1. The van der Waals surface area contributed by atoms with Crippen molar-refractivity contribution in [3.05, 3.63) is 23.8 Å². The smallest absolute Gasteiger partial charge is 0.153 e. The fourth-order valence-corrected chi connectivity index (χ4v) is 1.82. The second-order valence-electron chi connectivity index (χ2n) is 3.71. The highest BCUT2D eigenvalue weighted by molar-refractivity contribution is 5.87. The molecule has 16 heavy (non-hydrogen) atoms. The lowest BCUT2D eigenvalue weighted by Gasteiger charge is -2.17. The number of nitriles is 1. The van der Waals surface area contributed by atoms with Gasteiger partial charge < -0.3 is 9.64 Å². The van der Waals surface area contributed by atoms with E-state index in [1.54, 1.807) is 12.1 Å². The number of benzene rings is 1. The van der Waals surface area contributed by atoms with Gasteiger partial charge in [0.2, 0.25) is 0 Å². The monoisotopic (exact) mass is 216 g/mol. The van der Waals surface area contributed by atoms with Gasteiger partial charge in [-0.25, -0.2) is 0 Å². The van der Waals surface area contributed by atoms with E-state index in [9.17, 15) is 4.79 Å². The van der Waals surface area contributed by atoms with Crippen LogP contribution < -0.4 is 9.64 Å². The Bertz CT molecular complexity index is 463. The van der Waals surface area contributed by atoms with Crippen LogP contribution in [0.25, 0.3) is 0 Å². The Balaban J connectivity index is 2.30. The van der Waals surface area contributed by atoms with Crippen molar-refractivity contribution < 1.29 is 9.53 Å². The van der Waals surface area contributed by atoms with Crippen molar-refractivity contribution in [3.8, 4) is 11.8 Å². The van der Waals surface area contributed by atoms with Crippen LogP contribution in [0.3, 0.4) is 0 Å². The first-order valence-electron chi connectivity index (χ1n) is 5.09. The number of Topliss-reactive ketones (excluding diaryl/α,β-unsaturated/α-hetero) is 1. The number of hydrogen-bond donors (Lipinski definition) is 0. The molecule has 0 aromatic heterocycles. The molecule has 1 aromatic carbocycles. The maximum atomic E-state index is 11.2. The van der Waals surface area contributed by atoms with Crippen molar-refractivity contribution in [2.24, 2.45) is 0 Å². The Hall–Kier alpha value is -2.02. The van der Waals surface area contributed by atoms with Crippen LogP contribution in [0.1, 0.15) is 12.0 Å². The number of rotatable bonds is 2. The molecule has 0 spiro atoms. The molecule has 1 aliphatic rings. The van der Waals surface area contributed by atoms with Gasteiger partial charge in [-0.2, -0.15) is 5.26 Å². The van der Waals surface area contributed by atoms with Crippen molar-refractivity contribution in [1.29, 1.82) is 5.26 Å². The summed E-state index contributed by atoms with van der Waals surface area (Å²) in [6.07, 6.45) is 0.600. The van der Waals surface area contributed by atoms with Crippen molar-refractivity contribution in [3.63, 3.8) is 0 Å². The molecule has 2 rings (SSSR count). The second kappa shape index (κ2) is 4.23. The summed E-state index contributed by atoms with van der Waals surface area (Å²) in [5.74, 6) is 0.808. The lowest BCUT2D eigenvalue weighted by molar-refractivity contribution is -0.116. The topological polar surface area (TPSA) is 53.3 Å². The van der Waals surface area contributed by atoms with E-state index in [0.717, 1.165) is 12.2 Å². The van der Waals surface area contributed by atoms with Crippen molar-refractivity contribution in [1.82, 2.24) is 0 Å². The summed E-state index contributed by atoms with van der Waals surface area (Å²) < 4.78 is 5.13. The van der Waals surface area contributed by atoms with Gasteiger partial charge in [0.1, 0.15) is 11.8 Å². The lowest BCUT2D eigenvalue weighted by Crippen LogP contribution is -2.19. The number of ether oxygens (including phenoxy) is 1. The molecular weight excluding hydrogens is 204 g/mol. The summed E-state index contributed by atoms with van der Waals surface area (Å²) in [6, 6.07) is 7.43. The quantitative estimate of drug-likeness (QED) is 0.748. The molecule has 0 atom stereocenters. The highest BCUT2D eigenvalue weighted by atomic mass is 16.5. The maximum Gasteiger partial charge on any atom is 0.153 e. The van der Waals surface area contributed by atoms with E-state index < -0.39 is 0 Å². The first-order valence-corrected chi connectivity index (χ1v) is 5.09. The number of nitrogens with zero attached hydrogens (tertiary/aromatic N) is 2. The largest absolute Gasteiger partial charge is 0.495 e. The van der Waals surface area contributed by atoms with Crippen LogP contribution in [0.4, 0.5) is 5.69 Å².